The summed E-state index contributed by atoms with van der Waals surface area (Å²) >= 11 is 0. The lowest BCUT2D eigenvalue weighted by Gasteiger charge is -2.19. The quantitative estimate of drug-likeness (QED) is 0.896. The van der Waals surface area contributed by atoms with Crippen molar-refractivity contribution in [3.8, 4) is 0 Å². The highest BCUT2D eigenvalue weighted by Crippen LogP contribution is 2.33. The first-order chi connectivity index (χ1) is 10.1. The van der Waals surface area contributed by atoms with Crippen molar-refractivity contribution in [3.63, 3.8) is 0 Å². The molecule has 0 spiro atoms. The van der Waals surface area contributed by atoms with E-state index in [4.69, 9.17) is 0 Å². The van der Waals surface area contributed by atoms with Crippen LogP contribution < -0.4 is 4.72 Å². The lowest BCUT2D eigenvalue weighted by atomic mass is 10.1. The summed E-state index contributed by atoms with van der Waals surface area (Å²) in [6, 6.07) is 5.57. The Hall–Kier alpha value is -1.12. The molecule has 0 saturated carbocycles. The van der Waals surface area contributed by atoms with E-state index in [2.05, 4.69) is 4.72 Å². The number of rotatable bonds is 5. The average Bonchev–Trinajstić information content (AvgIpc) is 2.83. The lowest BCUT2D eigenvalue weighted by molar-refractivity contribution is -0.138. The summed E-state index contributed by atoms with van der Waals surface area (Å²) in [5.74, 6) is 0.132. The van der Waals surface area contributed by atoms with E-state index >= 15 is 0 Å². The van der Waals surface area contributed by atoms with Gasteiger partial charge in [-0.05, 0) is 30.5 Å². The number of alkyl halides is 3. The summed E-state index contributed by atoms with van der Waals surface area (Å²) in [6.07, 6.45) is -2.48. The van der Waals surface area contributed by atoms with Crippen molar-refractivity contribution in [2.75, 3.05) is 25.9 Å². The molecule has 1 fully saturated rings. The number of nitrogens with zero attached hydrogens (tertiary/aromatic N) is 1. The zero-order valence-electron chi connectivity index (χ0n) is 12.2. The van der Waals surface area contributed by atoms with Gasteiger partial charge in [-0.3, -0.25) is 4.90 Å². The van der Waals surface area contributed by atoms with Crippen LogP contribution in [0.5, 0.6) is 0 Å². The third kappa shape index (κ3) is 4.96. The van der Waals surface area contributed by atoms with E-state index < -0.39 is 21.8 Å². The largest absolute Gasteiger partial charge is 0.416 e. The molecular weight excluding hydrogens is 317 g/mol. The number of hydrogen-bond acceptors (Lipinski definition) is 3. The number of benzene rings is 1. The van der Waals surface area contributed by atoms with Crippen molar-refractivity contribution in [1.82, 2.24) is 9.62 Å². The first kappa shape index (κ1) is 17.2. The summed E-state index contributed by atoms with van der Waals surface area (Å²) in [6.45, 7) is 1.82. The van der Waals surface area contributed by atoms with Gasteiger partial charge in [0.15, 0.2) is 0 Å². The zero-order valence-corrected chi connectivity index (χ0v) is 13.0. The van der Waals surface area contributed by atoms with Crippen LogP contribution in [0.4, 0.5) is 13.2 Å². The second-order valence-corrected chi connectivity index (χ2v) is 7.50. The Morgan fingerprint density at radius 3 is 2.64 bits per heavy atom. The molecule has 0 bridgehead atoms. The number of nitrogens with one attached hydrogen (secondary N) is 1. The van der Waals surface area contributed by atoms with Crippen molar-refractivity contribution in [2.24, 2.45) is 5.92 Å². The first-order valence-electron chi connectivity index (χ1n) is 6.97. The lowest BCUT2D eigenvalue weighted by Crippen LogP contribution is -2.30. The highest BCUT2D eigenvalue weighted by molar-refractivity contribution is 7.88. The highest BCUT2D eigenvalue weighted by atomic mass is 32.2. The molecule has 1 aromatic carbocycles. The minimum atomic E-state index is -4.35. The summed E-state index contributed by atoms with van der Waals surface area (Å²) < 4.78 is 63.4. The summed E-state index contributed by atoms with van der Waals surface area (Å²) in [4.78, 5) is 1.93. The number of sulfonamides is 1. The van der Waals surface area contributed by atoms with Gasteiger partial charge >= 0.3 is 6.18 Å². The van der Waals surface area contributed by atoms with Gasteiger partial charge in [0, 0.05) is 19.6 Å². The van der Waals surface area contributed by atoms with E-state index in [1.54, 1.807) is 6.07 Å². The maximum absolute atomic E-state index is 13.0. The van der Waals surface area contributed by atoms with Crippen LogP contribution in [0.1, 0.15) is 17.5 Å². The maximum atomic E-state index is 13.0. The third-order valence-electron chi connectivity index (χ3n) is 3.72. The molecule has 1 aliphatic rings. The fraction of sp³-hybridized carbons (Fsp3) is 0.571. The van der Waals surface area contributed by atoms with Gasteiger partial charge in [0.05, 0.1) is 11.8 Å². The standard InChI is InChI=1S/C14H19F3N2O2S/c1-22(20,21)18-8-11-6-7-19(9-11)10-12-4-2-3-5-13(12)14(15,16)17/h2-5,11,18H,6-10H2,1H3. The van der Waals surface area contributed by atoms with E-state index in [1.165, 1.54) is 12.1 Å². The fourth-order valence-corrected chi connectivity index (χ4v) is 3.21. The van der Waals surface area contributed by atoms with Crippen LogP contribution in [-0.4, -0.2) is 39.2 Å². The van der Waals surface area contributed by atoms with Crippen molar-refractivity contribution in [2.45, 2.75) is 19.1 Å². The molecule has 1 aliphatic heterocycles. The topological polar surface area (TPSA) is 49.4 Å². The van der Waals surface area contributed by atoms with Crippen molar-refractivity contribution in [1.29, 1.82) is 0 Å². The molecule has 1 saturated heterocycles. The first-order valence-corrected chi connectivity index (χ1v) is 8.86. The van der Waals surface area contributed by atoms with Gasteiger partial charge in [0.2, 0.25) is 10.0 Å². The number of hydrogen-bond donors (Lipinski definition) is 1. The van der Waals surface area contributed by atoms with Gasteiger partial charge in [-0.2, -0.15) is 13.2 Å². The van der Waals surface area contributed by atoms with Crippen molar-refractivity contribution in [3.05, 3.63) is 35.4 Å². The fourth-order valence-electron chi connectivity index (χ4n) is 2.67. The molecule has 1 N–H and O–H groups in total. The molecule has 1 aromatic rings. The Morgan fingerprint density at radius 2 is 2.00 bits per heavy atom. The normalized spacial score (nSPS) is 20.5. The predicted octanol–water partition coefficient (Wildman–Crippen LogP) is 2.08. The van der Waals surface area contributed by atoms with E-state index in [0.29, 0.717) is 19.6 Å². The van der Waals surface area contributed by atoms with Gasteiger partial charge < -0.3 is 0 Å². The maximum Gasteiger partial charge on any atom is 0.416 e. The number of halogens is 3. The van der Waals surface area contributed by atoms with Gasteiger partial charge in [-0.25, -0.2) is 13.1 Å². The molecule has 4 nitrogen and oxygen atoms in total. The van der Waals surface area contributed by atoms with E-state index in [-0.39, 0.29) is 18.0 Å². The predicted molar refractivity (Wildman–Crippen MR) is 77.7 cm³/mol. The zero-order chi connectivity index (χ0) is 16.4. The molecule has 8 heteroatoms. The van der Waals surface area contributed by atoms with E-state index in [1.807, 2.05) is 4.90 Å². The minimum absolute atomic E-state index is 0.132. The Morgan fingerprint density at radius 1 is 1.32 bits per heavy atom. The molecule has 124 valence electrons. The number of likely N-dealkylation sites (tertiary alicyclic amines) is 1. The molecule has 1 atom stereocenters. The minimum Gasteiger partial charge on any atom is -0.299 e. The molecule has 0 aliphatic carbocycles. The third-order valence-corrected chi connectivity index (χ3v) is 4.41. The van der Waals surface area contributed by atoms with Crippen molar-refractivity contribution < 1.29 is 21.6 Å². The Balaban J connectivity index is 1.96. The second kappa shape index (κ2) is 6.55. The highest BCUT2D eigenvalue weighted by Gasteiger charge is 2.34. The summed E-state index contributed by atoms with van der Waals surface area (Å²) in [5.41, 5.74) is -0.348. The van der Waals surface area contributed by atoms with Crippen LogP contribution in [0.3, 0.4) is 0 Å². The van der Waals surface area contributed by atoms with Crippen LogP contribution in [0.25, 0.3) is 0 Å². The summed E-state index contributed by atoms with van der Waals surface area (Å²) in [5, 5.41) is 0. The Bertz CT molecular complexity index is 617. The second-order valence-electron chi connectivity index (χ2n) is 5.67. The van der Waals surface area contributed by atoms with Crippen LogP contribution in [0.2, 0.25) is 0 Å². The van der Waals surface area contributed by atoms with Crippen LogP contribution in [-0.2, 0) is 22.7 Å². The molecule has 1 unspecified atom stereocenters. The molecular formula is C14H19F3N2O2S. The smallest absolute Gasteiger partial charge is 0.299 e. The summed E-state index contributed by atoms with van der Waals surface area (Å²) in [7, 11) is -3.23. The molecule has 0 aromatic heterocycles. The molecule has 0 radical (unpaired) electrons. The Labute approximate surface area is 128 Å². The van der Waals surface area contributed by atoms with Crippen molar-refractivity contribution >= 4 is 10.0 Å². The van der Waals surface area contributed by atoms with E-state index in [0.717, 1.165) is 18.7 Å². The van der Waals surface area contributed by atoms with Gasteiger partial charge in [-0.15, -0.1) is 0 Å². The van der Waals surface area contributed by atoms with Crippen LogP contribution in [0, 0.1) is 5.92 Å². The monoisotopic (exact) mass is 336 g/mol. The van der Waals surface area contributed by atoms with Gasteiger partial charge in [-0.1, -0.05) is 18.2 Å². The van der Waals surface area contributed by atoms with Crippen LogP contribution >= 0.6 is 0 Å². The van der Waals surface area contributed by atoms with E-state index in [9.17, 15) is 21.6 Å². The SMILES string of the molecule is CS(=O)(=O)NCC1CCN(Cc2ccccc2C(F)(F)F)C1. The van der Waals surface area contributed by atoms with Gasteiger partial charge in [0.1, 0.15) is 0 Å². The molecule has 22 heavy (non-hydrogen) atoms. The molecule has 0 amide bonds. The molecule has 2 rings (SSSR count). The van der Waals surface area contributed by atoms with Gasteiger partial charge in [0.25, 0.3) is 0 Å². The Kier molecular flexibility index (Phi) is 5.14. The average molecular weight is 336 g/mol. The van der Waals surface area contributed by atoms with Crippen LogP contribution in [0.15, 0.2) is 24.3 Å². The molecule has 1 heterocycles.